The summed E-state index contributed by atoms with van der Waals surface area (Å²) in [5.41, 5.74) is 3.05. The van der Waals surface area contributed by atoms with Crippen LogP contribution < -0.4 is 10.6 Å². The van der Waals surface area contributed by atoms with Crippen LogP contribution >= 0.6 is 11.6 Å². The van der Waals surface area contributed by atoms with Gasteiger partial charge in [-0.05, 0) is 37.1 Å². The Bertz CT molecular complexity index is 863. The summed E-state index contributed by atoms with van der Waals surface area (Å²) < 4.78 is 0. The Morgan fingerprint density at radius 1 is 1.00 bits per heavy atom. The van der Waals surface area contributed by atoms with Crippen molar-refractivity contribution in [1.82, 2.24) is 10.2 Å². The molecule has 0 aliphatic heterocycles. The third-order valence-electron chi connectivity index (χ3n) is 4.29. The Kier molecular flexibility index (Phi) is 7.58. The highest BCUT2D eigenvalue weighted by Crippen LogP contribution is 2.19. The van der Waals surface area contributed by atoms with E-state index in [9.17, 15) is 14.4 Å². The minimum absolute atomic E-state index is 0.0644. The number of carbonyl (C=O) groups is 3. The van der Waals surface area contributed by atoms with Gasteiger partial charge in [0.2, 0.25) is 11.8 Å². The van der Waals surface area contributed by atoms with Gasteiger partial charge in [-0.1, -0.05) is 41.9 Å². The molecule has 7 heteroatoms. The lowest BCUT2D eigenvalue weighted by atomic mass is 10.1. The SMILES string of the molecule is Cc1cccc(C)c1NC(=O)CN(C)C(=O)CCNC(=O)c1ccccc1Cl. The van der Waals surface area contributed by atoms with E-state index in [2.05, 4.69) is 10.6 Å². The molecule has 0 spiro atoms. The van der Waals surface area contributed by atoms with Crippen molar-refractivity contribution in [3.05, 3.63) is 64.2 Å². The van der Waals surface area contributed by atoms with Gasteiger partial charge in [-0.2, -0.15) is 0 Å². The Hall–Kier alpha value is -2.86. The number of carbonyl (C=O) groups excluding carboxylic acids is 3. The zero-order valence-electron chi connectivity index (χ0n) is 16.2. The highest BCUT2D eigenvalue weighted by molar-refractivity contribution is 6.33. The maximum atomic E-state index is 12.2. The molecular weight excluding hydrogens is 378 g/mol. The molecule has 3 amide bonds. The van der Waals surface area contributed by atoms with Gasteiger partial charge in [0.15, 0.2) is 0 Å². The molecule has 6 nitrogen and oxygen atoms in total. The largest absolute Gasteiger partial charge is 0.351 e. The van der Waals surface area contributed by atoms with Gasteiger partial charge < -0.3 is 15.5 Å². The molecule has 2 aromatic carbocycles. The first kappa shape index (κ1) is 21.4. The zero-order valence-corrected chi connectivity index (χ0v) is 17.0. The standard InChI is InChI=1S/C21H24ClN3O3/c1-14-7-6-8-15(2)20(14)24-18(26)13-25(3)19(27)11-12-23-21(28)16-9-4-5-10-17(16)22/h4-10H,11-13H2,1-3H3,(H,23,28)(H,24,26). The number of hydrogen-bond acceptors (Lipinski definition) is 3. The van der Waals surface area contributed by atoms with Gasteiger partial charge >= 0.3 is 0 Å². The second-order valence-electron chi connectivity index (χ2n) is 6.55. The van der Waals surface area contributed by atoms with Gasteiger partial charge in [0.25, 0.3) is 5.91 Å². The molecule has 0 saturated carbocycles. The first-order valence-electron chi connectivity index (χ1n) is 8.92. The normalized spacial score (nSPS) is 10.3. The van der Waals surface area contributed by atoms with E-state index in [4.69, 9.17) is 11.6 Å². The predicted molar refractivity (Wildman–Crippen MR) is 111 cm³/mol. The van der Waals surface area contributed by atoms with Crippen molar-refractivity contribution >= 4 is 35.0 Å². The highest BCUT2D eigenvalue weighted by atomic mass is 35.5. The maximum absolute atomic E-state index is 12.2. The number of rotatable bonds is 7. The minimum atomic E-state index is -0.339. The number of nitrogens with one attached hydrogen (secondary N) is 2. The molecule has 2 aromatic rings. The molecule has 2 N–H and O–H groups in total. The molecule has 0 saturated heterocycles. The molecule has 0 aromatic heterocycles. The minimum Gasteiger partial charge on any atom is -0.351 e. The van der Waals surface area contributed by atoms with E-state index < -0.39 is 0 Å². The van der Waals surface area contributed by atoms with Crippen molar-refractivity contribution in [2.24, 2.45) is 0 Å². The molecular formula is C21H24ClN3O3. The van der Waals surface area contributed by atoms with Crippen molar-refractivity contribution < 1.29 is 14.4 Å². The summed E-state index contributed by atoms with van der Waals surface area (Å²) in [4.78, 5) is 37.9. The zero-order chi connectivity index (χ0) is 20.7. The number of anilines is 1. The number of amides is 3. The van der Waals surface area contributed by atoms with E-state index in [1.807, 2.05) is 32.0 Å². The predicted octanol–water partition coefficient (Wildman–Crippen LogP) is 3.17. The summed E-state index contributed by atoms with van der Waals surface area (Å²) >= 11 is 5.98. The number of likely N-dealkylation sites (N-methyl/N-ethyl adjacent to an activating group) is 1. The molecule has 0 bridgehead atoms. The Labute approximate surface area is 169 Å². The van der Waals surface area contributed by atoms with E-state index in [-0.39, 0.29) is 37.2 Å². The quantitative estimate of drug-likeness (QED) is 0.747. The third-order valence-corrected chi connectivity index (χ3v) is 4.62. The molecule has 0 atom stereocenters. The summed E-state index contributed by atoms with van der Waals surface area (Å²) in [6.07, 6.45) is 0.0867. The number of hydrogen-bond donors (Lipinski definition) is 2. The van der Waals surface area contributed by atoms with Crippen LogP contribution in [-0.2, 0) is 9.59 Å². The van der Waals surface area contributed by atoms with Crippen molar-refractivity contribution in [2.75, 3.05) is 25.5 Å². The summed E-state index contributed by atoms with van der Waals surface area (Å²) in [6.45, 7) is 3.93. The third kappa shape index (κ3) is 5.82. The monoisotopic (exact) mass is 401 g/mol. The Morgan fingerprint density at radius 3 is 2.29 bits per heavy atom. The number of para-hydroxylation sites is 1. The van der Waals surface area contributed by atoms with Crippen LogP contribution in [0, 0.1) is 13.8 Å². The molecule has 28 heavy (non-hydrogen) atoms. The summed E-state index contributed by atoms with van der Waals surface area (Å²) in [6, 6.07) is 12.5. The van der Waals surface area contributed by atoms with Crippen molar-refractivity contribution in [3.8, 4) is 0 Å². The molecule has 0 radical (unpaired) electrons. The number of benzene rings is 2. The van der Waals surface area contributed by atoms with Crippen LogP contribution in [0.2, 0.25) is 5.02 Å². The van der Waals surface area contributed by atoms with Crippen LogP contribution in [0.5, 0.6) is 0 Å². The van der Waals surface area contributed by atoms with E-state index in [0.29, 0.717) is 10.6 Å². The topological polar surface area (TPSA) is 78.5 Å². The van der Waals surface area contributed by atoms with Crippen molar-refractivity contribution in [1.29, 1.82) is 0 Å². The number of aryl methyl sites for hydroxylation is 2. The number of nitrogens with zero attached hydrogens (tertiary/aromatic N) is 1. The lowest BCUT2D eigenvalue weighted by molar-refractivity contribution is -0.133. The van der Waals surface area contributed by atoms with Gasteiger partial charge in [-0.15, -0.1) is 0 Å². The van der Waals surface area contributed by atoms with E-state index in [1.54, 1.807) is 31.3 Å². The van der Waals surface area contributed by atoms with Gasteiger partial charge in [-0.25, -0.2) is 0 Å². The van der Waals surface area contributed by atoms with Gasteiger partial charge in [0.05, 0.1) is 17.1 Å². The molecule has 0 unspecified atom stereocenters. The van der Waals surface area contributed by atoms with Crippen molar-refractivity contribution in [2.45, 2.75) is 20.3 Å². The first-order valence-corrected chi connectivity index (χ1v) is 9.30. The molecule has 0 heterocycles. The van der Waals surface area contributed by atoms with Crippen LogP contribution in [0.25, 0.3) is 0 Å². The average Bonchev–Trinajstić information content (AvgIpc) is 2.65. The van der Waals surface area contributed by atoms with Crippen LogP contribution in [0.1, 0.15) is 27.9 Å². The number of halogens is 1. The van der Waals surface area contributed by atoms with Crippen LogP contribution in [-0.4, -0.2) is 42.8 Å². The second-order valence-corrected chi connectivity index (χ2v) is 6.96. The summed E-state index contributed by atoms with van der Waals surface area (Å²) in [5.74, 6) is -0.849. The van der Waals surface area contributed by atoms with E-state index >= 15 is 0 Å². The Morgan fingerprint density at radius 2 is 1.64 bits per heavy atom. The molecule has 2 rings (SSSR count). The average molecular weight is 402 g/mol. The fourth-order valence-electron chi connectivity index (χ4n) is 2.71. The molecule has 0 aliphatic rings. The molecule has 0 fully saturated rings. The Balaban J connectivity index is 1.80. The lowest BCUT2D eigenvalue weighted by Crippen LogP contribution is -2.37. The van der Waals surface area contributed by atoms with Gasteiger partial charge in [0, 0.05) is 25.7 Å². The second kappa shape index (κ2) is 9.90. The van der Waals surface area contributed by atoms with Crippen LogP contribution in [0.15, 0.2) is 42.5 Å². The van der Waals surface area contributed by atoms with Gasteiger partial charge in [-0.3, -0.25) is 14.4 Å². The molecule has 0 aliphatic carbocycles. The van der Waals surface area contributed by atoms with Crippen LogP contribution in [0.3, 0.4) is 0 Å². The smallest absolute Gasteiger partial charge is 0.252 e. The fraction of sp³-hybridized carbons (Fsp3) is 0.286. The van der Waals surface area contributed by atoms with E-state index in [1.165, 1.54) is 4.90 Å². The fourth-order valence-corrected chi connectivity index (χ4v) is 2.93. The summed E-state index contributed by atoms with van der Waals surface area (Å²) in [5, 5.41) is 5.86. The van der Waals surface area contributed by atoms with Gasteiger partial charge in [0.1, 0.15) is 0 Å². The highest BCUT2D eigenvalue weighted by Gasteiger charge is 2.15. The lowest BCUT2D eigenvalue weighted by Gasteiger charge is -2.18. The first-order chi connectivity index (χ1) is 13.3. The maximum Gasteiger partial charge on any atom is 0.252 e. The van der Waals surface area contributed by atoms with Crippen molar-refractivity contribution in [3.63, 3.8) is 0 Å². The van der Waals surface area contributed by atoms with Crippen LogP contribution in [0.4, 0.5) is 5.69 Å². The van der Waals surface area contributed by atoms with E-state index in [0.717, 1.165) is 16.8 Å². The molecule has 148 valence electrons. The summed E-state index contributed by atoms with van der Waals surface area (Å²) in [7, 11) is 1.56.